The van der Waals surface area contributed by atoms with Crippen molar-refractivity contribution in [2.45, 2.75) is 57.7 Å². The van der Waals surface area contributed by atoms with E-state index in [1.165, 1.54) is 0 Å². The zero-order valence-corrected chi connectivity index (χ0v) is 22.0. The highest BCUT2D eigenvalue weighted by atomic mass is 16.5. The zero-order valence-electron chi connectivity index (χ0n) is 22.0. The molecule has 2 aromatic carbocycles. The van der Waals surface area contributed by atoms with Gasteiger partial charge in [0.05, 0.1) is 12.3 Å². The molecule has 1 N–H and O–H groups in total. The van der Waals surface area contributed by atoms with Crippen molar-refractivity contribution < 1.29 is 19.1 Å². The first kappa shape index (κ1) is 26.0. The summed E-state index contributed by atoms with van der Waals surface area (Å²) in [6.07, 6.45) is 4.59. The second-order valence-corrected chi connectivity index (χ2v) is 10.0. The lowest BCUT2D eigenvalue weighted by Crippen LogP contribution is -2.44. The molecule has 38 heavy (non-hydrogen) atoms. The fourth-order valence-electron chi connectivity index (χ4n) is 5.36. The lowest BCUT2D eigenvalue weighted by atomic mass is 10.0. The highest BCUT2D eigenvalue weighted by molar-refractivity contribution is 5.93. The van der Waals surface area contributed by atoms with Gasteiger partial charge in [-0.25, -0.2) is 0 Å². The standard InChI is InChI=1S/C30H36N4O4/c1-2-37-30(36)28-13-6-7-16-34(28)21-22-9-8-12-25(19-22)38-24-14-17-33(18-15-24)29(35)27-20-26(31-32-27)23-10-4-3-5-11-23/h3-5,8-12,19-20,24,28H,2,6-7,13-18,21H2,1H3,(H,31,32)/t28-/m0/s1. The fraction of sp³-hybridized carbons (Fsp3) is 0.433. The third kappa shape index (κ3) is 6.25. The van der Waals surface area contributed by atoms with Crippen molar-refractivity contribution in [2.24, 2.45) is 0 Å². The number of nitrogens with one attached hydrogen (secondary N) is 1. The average Bonchev–Trinajstić information content (AvgIpc) is 3.45. The van der Waals surface area contributed by atoms with Gasteiger partial charge in [-0.3, -0.25) is 19.6 Å². The van der Waals surface area contributed by atoms with Crippen LogP contribution < -0.4 is 4.74 Å². The van der Waals surface area contributed by atoms with E-state index in [4.69, 9.17) is 9.47 Å². The third-order valence-corrected chi connectivity index (χ3v) is 7.37. The molecule has 2 aliphatic heterocycles. The quantitative estimate of drug-likeness (QED) is 0.438. The number of carbonyl (C=O) groups is 2. The van der Waals surface area contributed by atoms with Crippen molar-refractivity contribution in [3.8, 4) is 17.0 Å². The number of nitrogens with zero attached hydrogens (tertiary/aromatic N) is 3. The number of aromatic amines is 1. The number of piperidine rings is 2. The fourth-order valence-corrected chi connectivity index (χ4v) is 5.36. The van der Waals surface area contributed by atoms with E-state index in [0.717, 1.165) is 61.2 Å². The molecule has 8 nitrogen and oxygen atoms in total. The van der Waals surface area contributed by atoms with Crippen LogP contribution in [0.25, 0.3) is 11.3 Å². The Bertz CT molecular complexity index is 1220. The Balaban J connectivity index is 1.14. The predicted octanol–water partition coefficient (Wildman–Crippen LogP) is 4.68. The van der Waals surface area contributed by atoms with Gasteiger partial charge >= 0.3 is 5.97 Å². The minimum atomic E-state index is -0.172. The van der Waals surface area contributed by atoms with Gasteiger partial charge in [0.2, 0.25) is 0 Å². The summed E-state index contributed by atoms with van der Waals surface area (Å²) >= 11 is 0. The Morgan fingerprint density at radius 1 is 0.974 bits per heavy atom. The molecule has 1 atom stereocenters. The molecule has 8 heteroatoms. The molecule has 0 aliphatic carbocycles. The Morgan fingerprint density at radius 3 is 2.58 bits per heavy atom. The highest BCUT2D eigenvalue weighted by Crippen LogP contribution is 2.25. The van der Waals surface area contributed by atoms with Gasteiger partial charge in [-0.05, 0) is 50.1 Å². The molecule has 3 heterocycles. The molecule has 5 rings (SSSR count). The van der Waals surface area contributed by atoms with Crippen LogP contribution in [0.2, 0.25) is 0 Å². The van der Waals surface area contributed by atoms with Crippen LogP contribution in [-0.4, -0.2) is 70.3 Å². The molecule has 2 saturated heterocycles. The van der Waals surface area contributed by atoms with Gasteiger partial charge in [0, 0.05) is 38.0 Å². The topological polar surface area (TPSA) is 87.8 Å². The number of H-pyrrole nitrogens is 1. The van der Waals surface area contributed by atoms with Crippen molar-refractivity contribution in [3.05, 3.63) is 71.9 Å². The number of amides is 1. The third-order valence-electron chi connectivity index (χ3n) is 7.37. The Kier molecular flexibility index (Phi) is 8.38. The second kappa shape index (κ2) is 12.3. The summed E-state index contributed by atoms with van der Waals surface area (Å²) in [5.41, 5.74) is 3.38. The summed E-state index contributed by atoms with van der Waals surface area (Å²) < 4.78 is 11.6. The van der Waals surface area contributed by atoms with Crippen LogP contribution in [0.3, 0.4) is 0 Å². The number of aromatic nitrogens is 2. The van der Waals surface area contributed by atoms with Crippen LogP contribution in [0, 0.1) is 0 Å². The molecular formula is C30H36N4O4. The van der Waals surface area contributed by atoms with Crippen molar-refractivity contribution in [3.63, 3.8) is 0 Å². The first-order valence-electron chi connectivity index (χ1n) is 13.7. The summed E-state index contributed by atoms with van der Waals surface area (Å²) in [5, 5.41) is 7.22. The lowest BCUT2D eigenvalue weighted by molar-refractivity contribution is -0.151. The molecule has 0 unspecified atom stereocenters. The number of hydrogen-bond acceptors (Lipinski definition) is 6. The Hall–Kier alpha value is -3.65. The second-order valence-electron chi connectivity index (χ2n) is 10.0. The minimum Gasteiger partial charge on any atom is -0.490 e. The average molecular weight is 517 g/mol. The molecule has 1 aromatic heterocycles. The van der Waals surface area contributed by atoms with Crippen molar-refractivity contribution in [1.29, 1.82) is 0 Å². The van der Waals surface area contributed by atoms with Crippen LogP contribution in [0.1, 0.15) is 55.1 Å². The van der Waals surface area contributed by atoms with Gasteiger partial charge in [-0.2, -0.15) is 5.10 Å². The summed E-state index contributed by atoms with van der Waals surface area (Å²) in [5.74, 6) is 0.684. The minimum absolute atomic E-state index is 0.0298. The molecule has 2 aliphatic rings. The van der Waals surface area contributed by atoms with E-state index < -0.39 is 0 Å². The summed E-state index contributed by atoms with van der Waals surface area (Å²) in [6, 6.07) is 19.6. The van der Waals surface area contributed by atoms with Gasteiger partial charge in [-0.1, -0.05) is 48.9 Å². The predicted molar refractivity (Wildman–Crippen MR) is 145 cm³/mol. The first-order chi connectivity index (χ1) is 18.6. The maximum absolute atomic E-state index is 13.0. The van der Waals surface area contributed by atoms with Gasteiger partial charge in [0.15, 0.2) is 0 Å². The van der Waals surface area contributed by atoms with Crippen LogP contribution >= 0.6 is 0 Å². The van der Waals surface area contributed by atoms with Crippen molar-refractivity contribution in [1.82, 2.24) is 20.0 Å². The molecule has 2 fully saturated rings. The number of carbonyl (C=O) groups excluding carboxylic acids is 2. The van der Waals surface area contributed by atoms with E-state index in [1.54, 1.807) is 0 Å². The summed E-state index contributed by atoms with van der Waals surface area (Å²) in [7, 11) is 0. The van der Waals surface area contributed by atoms with Crippen molar-refractivity contribution in [2.75, 3.05) is 26.2 Å². The van der Waals surface area contributed by atoms with Gasteiger partial charge in [0.25, 0.3) is 5.91 Å². The number of rotatable bonds is 8. The molecule has 0 radical (unpaired) electrons. The van der Waals surface area contributed by atoms with E-state index in [0.29, 0.717) is 31.9 Å². The van der Waals surface area contributed by atoms with Crippen LogP contribution in [0.4, 0.5) is 0 Å². The van der Waals surface area contributed by atoms with Gasteiger partial charge in [-0.15, -0.1) is 0 Å². The maximum Gasteiger partial charge on any atom is 0.323 e. The normalized spacial score (nSPS) is 18.8. The highest BCUT2D eigenvalue weighted by Gasteiger charge is 2.30. The van der Waals surface area contributed by atoms with Gasteiger partial charge < -0.3 is 14.4 Å². The smallest absolute Gasteiger partial charge is 0.323 e. The van der Waals surface area contributed by atoms with Gasteiger partial charge in [0.1, 0.15) is 23.6 Å². The van der Waals surface area contributed by atoms with E-state index >= 15 is 0 Å². The summed E-state index contributed by atoms with van der Waals surface area (Å²) in [6.45, 7) is 5.13. The van der Waals surface area contributed by atoms with Crippen LogP contribution in [0.5, 0.6) is 5.75 Å². The van der Waals surface area contributed by atoms with Crippen LogP contribution in [-0.2, 0) is 16.1 Å². The number of hydrogen-bond donors (Lipinski definition) is 1. The number of esters is 1. The molecule has 3 aromatic rings. The number of benzene rings is 2. The zero-order chi connectivity index (χ0) is 26.3. The monoisotopic (exact) mass is 516 g/mol. The summed E-state index contributed by atoms with van der Waals surface area (Å²) in [4.78, 5) is 29.6. The van der Waals surface area contributed by atoms with E-state index in [1.807, 2.05) is 60.4 Å². The first-order valence-corrected chi connectivity index (χ1v) is 13.7. The molecule has 0 spiro atoms. The van der Waals surface area contributed by atoms with Crippen LogP contribution in [0.15, 0.2) is 60.7 Å². The SMILES string of the molecule is CCOC(=O)[C@@H]1CCCCN1Cc1cccc(OC2CCN(C(=O)c3cc(-c4ccccc4)n[nH]3)CC2)c1. The molecule has 0 saturated carbocycles. The molecular weight excluding hydrogens is 480 g/mol. The molecule has 1 amide bonds. The lowest BCUT2D eigenvalue weighted by Gasteiger charge is -2.34. The number of likely N-dealkylation sites (tertiary alicyclic amines) is 2. The molecule has 0 bridgehead atoms. The largest absolute Gasteiger partial charge is 0.490 e. The maximum atomic E-state index is 13.0. The molecule has 200 valence electrons. The van der Waals surface area contributed by atoms with E-state index in [2.05, 4.69) is 27.2 Å². The van der Waals surface area contributed by atoms with Crippen molar-refractivity contribution >= 4 is 11.9 Å². The Morgan fingerprint density at radius 2 is 1.79 bits per heavy atom. The number of ether oxygens (including phenoxy) is 2. The van der Waals surface area contributed by atoms with E-state index in [9.17, 15) is 9.59 Å². The van der Waals surface area contributed by atoms with E-state index in [-0.39, 0.29) is 24.0 Å². The Labute approximate surface area is 223 Å².